The Bertz CT molecular complexity index is 933. The van der Waals surface area contributed by atoms with Gasteiger partial charge in [-0.2, -0.15) is 0 Å². The molecule has 0 heterocycles. The lowest BCUT2D eigenvalue weighted by molar-refractivity contribution is 0.0600. The molecule has 0 saturated heterocycles. The number of rotatable bonds is 6. The van der Waals surface area contributed by atoms with Crippen molar-refractivity contribution in [2.45, 2.75) is 52.6 Å². The maximum absolute atomic E-state index is 13.5. The van der Waals surface area contributed by atoms with Gasteiger partial charge in [0.2, 0.25) is 5.91 Å². The van der Waals surface area contributed by atoms with Gasteiger partial charge in [-0.1, -0.05) is 38.1 Å². The average molecular weight is 350 g/mol. The molecule has 2 bridgehead atoms. The van der Waals surface area contributed by atoms with Crippen molar-refractivity contribution >= 4 is 33.4 Å². The zero-order chi connectivity index (χ0) is 19.0. The van der Waals surface area contributed by atoms with Crippen molar-refractivity contribution in [3.63, 3.8) is 0 Å². The number of benzene rings is 4. The Labute approximate surface area is 154 Å². The normalized spacial score (nSPS) is 13.8. The fraction of sp³-hybridized carbons (Fsp3) is 0.364. The van der Waals surface area contributed by atoms with Crippen molar-refractivity contribution in [3.05, 3.63) is 47.5 Å². The summed E-state index contributed by atoms with van der Waals surface area (Å²) in [6.45, 7) is 8.36. The number of nitrogens with zero attached hydrogens (tertiary/aromatic N) is 1. The van der Waals surface area contributed by atoms with E-state index >= 15 is 0 Å². The summed E-state index contributed by atoms with van der Waals surface area (Å²) >= 11 is 0. The summed E-state index contributed by atoms with van der Waals surface area (Å²) in [4.78, 5) is 27.4. The Kier molecular flexibility index (Phi) is 4.86. The number of hydrogen-bond acceptors (Lipinski definition) is 2. The monoisotopic (exact) mass is 350 g/mol. The van der Waals surface area contributed by atoms with E-state index in [4.69, 9.17) is 5.73 Å². The third kappa shape index (κ3) is 2.79. The molecule has 2 amide bonds. The van der Waals surface area contributed by atoms with Crippen LogP contribution >= 0.6 is 0 Å². The Balaban J connectivity index is 2.26. The van der Waals surface area contributed by atoms with Crippen molar-refractivity contribution in [2.75, 3.05) is 0 Å². The van der Waals surface area contributed by atoms with Crippen LogP contribution in [0, 0.1) is 0 Å². The first-order valence-corrected chi connectivity index (χ1v) is 9.30. The fourth-order valence-corrected chi connectivity index (χ4v) is 3.76. The lowest BCUT2D eigenvalue weighted by Gasteiger charge is -2.34. The molecular formula is C22H26N2O2. The Morgan fingerprint density at radius 3 is 1.69 bits per heavy atom. The van der Waals surface area contributed by atoms with Crippen molar-refractivity contribution in [1.29, 1.82) is 0 Å². The molecule has 2 N–H and O–H groups in total. The van der Waals surface area contributed by atoms with Crippen LogP contribution in [0.2, 0.25) is 0 Å². The smallest absolute Gasteiger partial charge is 0.254 e. The maximum Gasteiger partial charge on any atom is 0.254 e. The highest BCUT2D eigenvalue weighted by molar-refractivity contribution is 6.24. The van der Waals surface area contributed by atoms with E-state index in [-0.39, 0.29) is 18.0 Å². The molecular weight excluding hydrogens is 324 g/mol. The molecule has 0 aliphatic heterocycles. The summed E-state index contributed by atoms with van der Waals surface area (Å²) in [6, 6.07) is 11.7. The van der Waals surface area contributed by atoms with E-state index in [1.54, 1.807) is 12.1 Å². The van der Waals surface area contributed by atoms with Gasteiger partial charge in [-0.05, 0) is 49.6 Å². The van der Waals surface area contributed by atoms with Crippen LogP contribution in [0.25, 0.3) is 21.5 Å². The second-order valence-corrected chi connectivity index (χ2v) is 7.08. The third-order valence-electron chi connectivity index (χ3n) is 5.53. The molecule has 2 unspecified atom stereocenters. The number of carbonyl (C=O) groups excluding carboxylic acids is 2. The predicted octanol–water partition coefficient (Wildman–Crippen LogP) is 4.57. The summed E-state index contributed by atoms with van der Waals surface area (Å²) < 4.78 is 0. The van der Waals surface area contributed by atoms with Crippen LogP contribution < -0.4 is 5.73 Å². The van der Waals surface area contributed by atoms with Crippen molar-refractivity contribution in [1.82, 2.24) is 4.90 Å². The van der Waals surface area contributed by atoms with Crippen molar-refractivity contribution < 1.29 is 9.59 Å². The minimum absolute atomic E-state index is 0.0171. The molecule has 0 aliphatic carbocycles. The van der Waals surface area contributed by atoms with Crippen molar-refractivity contribution in [3.8, 4) is 0 Å². The lowest BCUT2D eigenvalue weighted by atomic mass is 9.90. The molecule has 26 heavy (non-hydrogen) atoms. The van der Waals surface area contributed by atoms with E-state index in [2.05, 4.69) is 27.7 Å². The molecule has 136 valence electrons. The standard InChI is InChI=1S/C22H26N2O2/c1-5-13(3)24(14(4)6-2)22(26)18-12-11-17(21(23)25)19-15-7-9-16(10-8-15)20(18)19/h7-14H,5-6H2,1-4H3,(H2,23,25). The van der Waals surface area contributed by atoms with Gasteiger partial charge in [-0.15, -0.1) is 0 Å². The number of primary amides is 1. The predicted molar refractivity (Wildman–Crippen MR) is 107 cm³/mol. The Morgan fingerprint density at radius 2 is 1.27 bits per heavy atom. The minimum atomic E-state index is -0.469. The highest BCUT2D eigenvalue weighted by Gasteiger charge is 2.27. The molecule has 0 spiro atoms. The third-order valence-corrected chi connectivity index (χ3v) is 5.53. The minimum Gasteiger partial charge on any atom is -0.366 e. The largest absolute Gasteiger partial charge is 0.366 e. The molecule has 0 saturated carbocycles. The molecule has 4 nitrogen and oxygen atoms in total. The van der Waals surface area contributed by atoms with E-state index in [1.165, 1.54) is 0 Å². The van der Waals surface area contributed by atoms with Crippen molar-refractivity contribution in [2.24, 2.45) is 5.73 Å². The van der Waals surface area contributed by atoms with Crippen LogP contribution in [-0.2, 0) is 0 Å². The molecule has 0 aromatic heterocycles. The van der Waals surface area contributed by atoms with Gasteiger partial charge in [0.15, 0.2) is 0 Å². The molecule has 0 radical (unpaired) electrons. The Morgan fingerprint density at radius 1 is 0.846 bits per heavy atom. The van der Waals surface area contributed by atoms with Crippen LogP contribution in [-0.4, -0.2) is 28.8 Å². The van der Waals surface area contributed by atoms with E-state index in [0.29, 0.717) is 11.1 Å². The van der Waals surface area contributed by atoms with Gasteiger partial charge in [0.1, 0.15) is 0 Å². The van der Waals surface area contributed by atoms with Gasteiger partial charge in [0.05, 0.1) is 0 Å². The second-order valence-electron chi connectivity index (χ2n) is 7.08. The van der Waals surface area contributed by atoms with Gasteiger partial charge in [-0.3, -0.25) is 9.59 Å². The highest BCUT2D eigenvalue weighted by Crippen LogP contribution is 2.34. The SMILES string of the molecule is CCC(C)N(C(=O)c1ccc(C(N)=O)c2c3ccc(cc3)c12)C(C)CC. The van der Waals surface area contributed by atoms with Gasteiger partial charge in [0.25, 0.3) is 5.91 Å². The zero-order valence-corrected chi connectivity index (χ0v) is 15.9. The molecule has 0 fully saturated rings. The Hall–Kier alpha value is -2.62. The van der Waals surface area contributed by atoms with E-state index in [9.17, 15) is 9.59 Å². The quantitative estimate of drug-likeness (QED) is 0.708. The number of nitrogens with two attached hydrogens (primary N) is 1. The van der Waals surface area contributed by atoms with E-state index < -0.39 is 5.91 Å². The van der Waals surface area contributed by atoms with E-state index in [1.807, 2.05) is 29.2 Å². The van der Waals surface area contributed by atoms with Crippen LogP contribution in [0.3, 0.4) is 0 Å². The first kappa shape index (κ1) is 18.2. The molecule has 4 heteroatoms. The molecule has 0 aliphatic rings. The summed E-state index contributed by atoms with van der Waals surface area (Å²) in [6.07, 6.45) is 1.79. The van der Waals surface area contributed by atoms with Gasteiger partial charge < -0.3 is 10.6 Å². The summed E-state index contributed by atoms with van der Waals surface area (Å²) in [5.41, 5.74) is 6.70. The lowest BCUT2D eigenvalue weighted by Crippen LogP contribution is -2.44. The van der Waals surface area contributed by atoms with Crippen LogP contribution in [0.5, 0.6) is 0 Å². The molecule has 4 aromatic carbocycles. The summed E-state index contributed by atoms with van der Waals surface area (Å²) in [7, 11) is 0. The number of amides is 2. The maximum atomic E-state index is 13.5. The van der Waals surface area contributed by atoms with Crippen LogP contribution in [0.4, 0.5) is 0 Å². The topological polar surface area (TPSA) is 63.4 Å². The van der Waals surface area contributed by atoms with Gasteiger partial charge >= 0.3 is 0 Å². The molecule has 4 rings (SSSR count). The molecule has 4 aromatic rings. The number of hydrogen-bond donors (Lipinski definition) is 1. The van der Waals surface area contributed by atoms with Gasteiger partial charge in [-0.25, -0.2) is 0 Å². The number of fused-ring (bicyclic) bond motifs is 2. The van der Waals surface area contributed by atoms with Gasteiger partial charge in [0, 0.05) is 34.0 Å². The first-order chi connectivity index (χ1) is 12.4. The van der Waals surface area contributed by atoms with E-state index in [0.717, 1.165) is 34.4 Å². The highest BCUT2D eigenvalue weighted by atomic mass is 16.2. The second kappa shape index (κ2) is 6.94. The van der Waals surface area contributed by atoms with Crippen LogP contribution in [0.15, 0.2) is 36.4 Å². The average Bonchev–Trinajstić information content (AvgIpc) is 2.67. The first-order valence-electron chi connectivity index (χ1n) is 9.30. The van der Waals surface area contributed by atoms with Crippen LogP contribution in [0.1, 0.15) is 61.3 Å². The fourth-order valence-electron chi connectivity index (χ4n) is 3.76. The number of carbonyl (C=O) groups is 2. The zero-order valence-electron chi connectivity index (χ0n) is 15.9. The summed E-state index contributed by atoms with van der Waals surface area (Å²) in [5.74, 6) is -0.452. The molecule has 2 atom stereocenters. The summed E-state index contributed by atoms with van der Waals surface area (Å²) in [5, 5.41) is 3.51.